The van der Waals surface area contributed by atoms with E-state index in [1.54, 1.807) is 0 Å². The second-order valence-corrected chi connectivity index (χ2v) is 4.80. The van der Waals surface area contributed by atoms with Crippen LogP contribution >= 0.6 is 0 Å². The molecule has 0 unspecified atom stereocenters. The van der Waals surface area contributed by atoms with Gasteiger partial charge < -0.3 is 5.11 Å². The smallest absolute Gasteiger partial charge is 0.158 e. The number of hydrogen-bond acceptors (Lipinski definition) is 2. The highest BCUT2D eigenvalue weighted by atomic mass is 16.3. The van der Waals surface area contributed by atoms with Gasteiger partial charge in [0.15, 0.2) is 5.78 Å². The molecule has 0 aromatic rings. The molecule has 2 aliphatic carbocycles. The molecular weight excluding hydrogens is 188 g/mol. The SMILES string of the molecule is CCC1=C2CC[C@H](O)[C@]2(CC)CCC1=O. The largest absolute Gasteiger partial charge is 0.392 e. The van der Waals surface area contributed by atoms with Crippen LogP contribution in [-0.4, -0.2) is 17.0 Å². The molecule has 0 heterocycles. The molecule has 84 valence electrons. The van der Waals surface area contributed by atoms with Crippen molar-refractivity contribution in [2.45, 2.75) is 58.5 Å². The summed E-state index contributed by atoms with van der Waals surface area (Å²) in [6.45, 7) is 4.19. The Morgan fingerprint density at radius 1 is 1.40 bits per heavy atom. The minimum atomic E-state index is -0.216. The summed E-state index contributed by atoms with van der Waals surface area (Å²) in [7, 11) is 0. The standard InChI is InChI=1S/C13H20O2/c1-3-9-10-5-6-12(15)13(10,4-2)8-7-11(9)14/h12,15H,3-8H2,1-2H3/t12-,13+/m0/s1. The van der Waals surface area contributed by atoms with Crippen LogP contribution < -0.4 is 0 Å². The molecule has 0 radical (unpaired) electrons. The average molecular weight is 208 g/mol. The van der Waals surface area contributed by atoms with Crippen molar-refractivity contribution >= 4 is 5.78 Å². The maximum Gasteiger partial charge on any atom is 0.158 e. The number of allylic oxidation sites excluding steroid dienone is 1. The van der Waals surface area contributed by atoms with E-state index in [2.05, 4.69) is 13.8 Å². The normalized spacial score (nSPS) is 35.9. The zero-order valence-electron chi connectivity index (χ0n) is 9.68. The van der Waals surface area contributed by atoms with Crippen LogP contribution in [0.15, 0.2) is 11.1 Å². The van der Waals surface area contributed by atoms with Crippen molar-refractivity contribution in [2.24, 2.45) is 5.41 Å². The number of Topliss-reactive ketones (excluding diaryl/α,β-unsaturated/α-hetero) is 1. The van der Waals surface area contributed by atoms with Gasteiger partial charge in [-0.15, -0.1) is 0 Å². The van der Waals surface area contributed by atoms with Crippen LogP contribution in [0, 0.1) is 5.41 Å². The molecule has 2 heteroatoms. The van der Waals surface area contributed by atoms with E-state index >= 15 is 0 Å². The highest BCUT2D eigenvalue weighted by Gasteiger charge is 2.48. The molecule has 0 amide bonds. The van der Waals surface area contributed by atoms with Crippen LogP contribution in [-0.2, 0) is 4.79 Å². The molecule has 2 nitrogen and oxygen atoms in total. The van der Waals surface area contributed by atoms with Crippen LogP contribution in [0.2, 0.25) is 0 Å². The highest BCUT2D eigenvalue weighted by molar-refractivity contribution is 5.97. The van der Waals surface area contributed by atoms with Crippen molar-refractivity contribution in [3.05, 3.63) is 11.1 Å². The Morgan fingerprint density at radius 2 is 2.13 bits per heavy atom. The van der Waals surface area contributed by atoms with E-state index in [-0.39, 0.29) is 11.5 Å². The van der Waals surface area contributed by atoms with E-state index in [9.17, 15) is 9.90 Å². The lowest BCUT2D eigenvalue weighted by atomic mass is 9.68. The van der Waals surface area contributed by atoms with Gasteiger partial charge in [-0.2, -0.15) is 0 Å². The fourth-order valence-corrected chi connectivity index (χ4v) is 3.47. The first-order chi connectivity index (χ1) is 7.15. The molecule has 0 saturated heterocycles. The van der Waals surface area contributed by atoms with Crippen LogP contribution in [0.25, 0.3) is 0 Å². The summed E-state index contributed by atoms with van der Waals surface area (Å²) in [5.74, 6) is 0.325. The van der Waals surface area contributed by atoms with Crippen LogP contribution in [0.3, 0.4) is 0 Å². The maximum atomic E-state index is 11.8. The van der Waals surface area contributed by atoms with Gasteiger partial charge in [-0.1, -0.05) is 19.4 Å². The first-order valence-corrected chi connectivity index (χ1v) is 6.09. The minimum absolute atomic E-state index is 0.0424. The molecule has 0 spiro atoms. The molecule has 2 rings (SSSR count). The molecule has 1 fully saturated rings. The van der Waals surface area contributed by atoms with E-state index in [0.717, 1.165) is 37.7 Å². The fourth-order valence-electron chi connectivity index (χ4n) is 3.47. The molecule has 0 aromatic heterocycles. The van der Waals surface area contributed by atoms with Crippen LogP contribution in [0.5, 0.6) is 0 Å². The van der Waals surface area contributed by atoms with Crippen molar-refractivity contribution in [3.8, 4) is 0 Å². The Hall–Kier alpha value is -0.630. The third-order valence-electron chi connectivity index (χ3n) is 4.39. The monoisotopic (exact) mass is 208 g/mol. The second kappa shape index (κ2) is 3.75. The van der Waals surface area contributed by atoms with Crippen LogP contribution in [0.4, 0.5) is 0 Å². The number of carbonyl (C=O) groups excluding carboxylic acids is 1. The number of ketones is 1. The lowest BCUT2D eigenvalue weighted by molar-refractivity contribution is -0.117. The molecule has 0 bridgehead atoms. The summed E-state index contributed by atoms with van der Waals surface area (Å²) in [5.41, 5.74) is 2.27. The van der Waals surface area contributed by atoms with Crippen molar-refractivity contribution in [1.82, 2.24) is 0 Å². The highest BCUT2D eigenvalue weighted by Crippen LogP contribution is 2.53. The number of carbonyl (C=O) groups is 1. The van der Waals surface area contributed by atoms with Gasteiger partial charge in [0.1, 0.15) is 0 Å². The van der Waals surface area contributed by atoms with Crippen LogP contribution in [0.1, 0.15) is 52.4 Å². The molecule has 0 aromatic carbocycles. The van der Waals surface area contributed by atoms with Gasteiger partial charge in [0, 0.05) is 11.8 Å². The zero-order chi connectivity index (χ0) is 11.1. The lowest BCUT2D eigenvalue weighted by Crippen LogP contribution is -2.35. The first-order valence-electron chi connectivity index (χ1n) is 6.09. The van der Waals surface area contributed by atoms with E-state index in [1.165, 1.54) is 5.57 Å². The van der Waals surface area contributed by atoms with Gasteiger partial charge in [0.25, 0.3) is 0 Å². The minimum Gasteiger partial charge on any atom is -0.392 e. The average Bonchev–Trinajstić information content (AvgIpc) is 2.57. The van der Waals surface area contributed by atoms with E-state index in [4.69, 9.17) is 0 Å². The van der Waals surface area contributed by atoms with Gasteiger partial charge in [0.05, 0.1) is 6.10 Å². The number of hydrogen-bond donors (Lipinski definition) is 1. The van der Waals surface area contributed by atoms with Crippen molar-refractivity contribution in [3.63, 3.8) is 0 Å². The quantitative estimate of drug-likeness (QED) is 0.757. The summed E-state index contributed by atoms with van der Waals surface area (Å²) in [6, 6.07) is 0. The summed E-state index contributed by atoms with van der Waals surface area (Å²) >= 11 is 0. The van der Waals surface area contributed by atoms with Gasteiger partial charge in [-0.25, -0.2) is 0 Å². The van der Waals surface area contributed by atoms with Crippen molar-refractivity contribution in [2.75, 3.05) is 0 Å². The predicted octanol–water partition coefficient (Wildman–Crippen LogP) is 2.61. The molecule has 1 saturated carbocycles. The topological polar surface area (TPSA) is 37.3 Å². The van der Waals surface area contributed by atoms with E-state index in [0.29, 0.717) is 12.2 Å². The van der Waals surface area contributed by atoms with Crippen molar-refractivity contribution in [1.29, 1.82) is 0 Å². The Morgan fingerprint density at radius 3 is 2.73 bits per heavy atom. The summed E-state index contributed by atoms with van der Waals surface area (Å²) in [4.78, 5) is 11.8. The Kier molecular flexibility index (Phi) is 2.72. The predicted molar refractivity (Wildman–Crippen MR) is 59.5 cm³/mol. The van der Waals surface area contributed by atoms with Crippen molar-refractivity contribution < 1.29 is 9.90 Å². The van der Waals surface area contributed by atoms with Gasteiger partial charge in [-0.3, -0.25) is 4.79 Å². The number of fused-ring (bicyclic) bond motifs is 1. The van der Waals surface area contributed by atoms with E-state index < -0.39 is 0 Å². The van der Waals surface area contributed by atoms with Gasteiger partial charge >= 0.3 is 0 Å². The third kappa shape index (κ3) is 1.38. The summed E-state index contributed by atoms with van der Waals surface area (Å²) < 4.78 is 0. The molecule has 0 aliphatic heterocycles. The lowest BCUT2D eigenvalue weighted by Gasteiger charge is -2.37. The summed E-state index contributed by atoms with van der Waals surface area (Å²) in [6.07, 6.45) is 4.87. The summed E-state index contributed by atoms with van der Waals surface area (Å²) in [5, 5.41) is 10.1. The van der Waals surface area contributed by atoms with Gasteiger partial charge in [0.2, 0.25) is 0 Å². The zero-order valence-corrected chi connectivity index (χ0v) is 9.68. The molecule has 2 aliphatic rings. The Labute approximate surface area is 91.4 Å². The second-order valence-electron chi connectivity index (χ2n) is 4.80. The molecule has 15 heavy (non-hydrogen) atoms. The number of rotatable bonds is 2. The Bertz CT molecular complexity index is 316. The first kappa shape index (κ1) is 10.9. The van der Waals surface area contributed by atoms with E-state index in [1.807, 2.05) is 0 Å². The number of aliphatic hydroxyl groups excluding tert-OH is 1. The molecule has 1 N–H and O–H groups in total. The fraction of sp³-hybridized carbons (Fsp3) is 0.769. The maximum absolute atomic E-state index is 11.8. The molecule has 2 atom stereocenters. The Balaban J connectivity index is 2.49. The third-order valence-corrected chi connectivity index (χ3v) is 4.39. The number of aliphatic hydroxyl groups is 1. The van der Waals surface area contributed by atoms with Gasteiger partial charge in [-0.05, 0) is 37.7 Å². The molecular formula is C13H20O2.